The summed E-state index contributed by atoms with van der Waals surface area (Å²) in [4.78, 5) is 15.9. The van der Waals surface area contributed by atoms with Gasteiger partial charge in [-0.2, -0.15) is 0 Å². The molecule has 6 nitrogen and oxygen atoms in total. The molecule has 4 aromatic rings. The van der Waals surface area contributed by atoms with Crippen molar-refractivity contribution in [2.75, 3.05) is 5.32 Å². The summed E-state index contributed by atoms with van der Waals surface area (Å²) in [5.74, 6) is 0.713. The molecule has 0 saturated heterocycles. The van der Waals surface area contributed by atoms with Gasteiger partial charge in [-0.15, -0.1) is 0 Å². The van der Waals surface area contributed by atoms with E-state index in [4.69, 9.17) is 4.98 Å². The van der Waals surface area contributed by atoms with Crippen molar-refractivity contribution in [1.82, 2.24) is 9.38 Å². The van der Waals surface area contributed by atoms with E-state index in [1.165, 1.54) is 6.07 Å². The van der Waals surface area contributed by atoms with Crippen LogP contribution in [-0.4, -0.2) is 14.3 Å². The van der Waals surface area contributed by atoms with E-state index in [0.717, 1.165) is 28.0 Å². The van der Waals surface area contributed by atoms with Crippen LogP contribution in [-0.2, 0) is 0 Å². The molecule has 0 aliphatic heterocycles. The molecule has 0 bridgehead atoms. The van der Waals surface area contributed by atoms with Crippen LogP contribution in [0.25, 0.3) is 16.9 Å². The molecule has 2 heterocycles. The number of nitro groups is 1. The first-order valence-electron chi connectivity index (χ1n) is 9.01. The zero-order valence-electron chi connectivity index (χ0n) is 15.9. The molecular formula is C22H20N4O2. The lowest BCUT2D eigenvalue weighted by Gasteiger charge is -2.14. The number of pyridine rings is 1. The predicted molar refractivity (Wildman–Crippen MR) is 111 cm³/mol. The molecule has 0 saturated carbocycles. The highest BCUT2D eigenvalue weighted by Crippen LogP contribution is 2.37. The van der Waals surface area contributed by atoms with Gasteiger partial charge in [-0.1, -0.05) is 36.4 Å². The number of aromatic nitrogens is 2. The first kappa shape index (κ1) is 17.7. The minimum atomic E-state index is -0.368. The van der Waals surface area contributed by atoms with Gasteiger partial charge in [-0.05, 0) is 49.6 Å². The van der Waals surface area contributed by atoms with Crippen molar-refractivity contribution in [2.24, 2.45) is 0 Å². The van der Waals surface area contributed by atoms with E-state index < -0.39 is 0 Å². The molecule has 2 aromatic heterocycles. The van der Waals surface area contributed by atoms with Gasteiger partial charge in [0, 0.05) is 18.0 Å². The Kier molecular flexibility index (Phi) is 4.31. The van der Waals surface area contributed by atoms with Crippen molar-refractivity contribution in [3.63, 3.8) is 0 Å². The van der Waals surface area contributed by atoms with Gasteiger partial charge < -0.3 is 5.32 Å². The molecule has 1 N–H and O–H groups in total. The number of aryl methyl sites for hydroxylation is 3. The summed E-state index contributed by atoms with van der Waals surface area (Å²) in [6.07, 6.45) is 1.98. The number of fused-ring (bicyclic) bond motifs is 1. The fourth-order valence-corrected chi connectivity index (χ4v) is 3.42. The summed E-state index contributed by atoms with van der Waals surface area (Å²) in [6, 6.07) is 16.7. The van der Waals surface area contributed by atoms with Gasteiger partial charge in [0.15, 0.2) is 0 Å². The fourth-order valence-electron chi connectivity index (χ4n) is 3.42. The van der Waals surface area contributed by atoms with Crippen LogP contribution in [0.15, 0.2) is 60.8 Å². The molecule has 0 fully saturated rings. The molecule has 0 unspecified atom stereocenters. The average molecular weight is 372 g/mol. The third kappa shape index (κ3) is 2.99. The molecule has 0 aliphatic rings. The minimum Gasteiger partial charge on any atom is -0.339 e. The quantitative estimate of drug-likeness (QED) is 0.375. The van der Waals surface area contributed by atoms with Crippen LogP contribution < -0.4 is 5.32 Å². The number of hydrogen-bond acceptors (Lipinski definition) is 4. The van der Waals surface area contributed by atoms with Crippen molar-refractivity contribution in [3.05, 3.63) is 87.6 Å². The van der Waals surface area contributed by atoms with Gasteiger partial charge in [-0.3, -0.25) is 14.5 Å². The third-order valence-corrected chi connectivity index (χ3v) is 4.85. The average Bonchev–Trinajstić information content (AvgIpc) is 3.02. The Morgan fingerprint density at radius 2 is 1.68 bits per heavy atom. The summed E-state index contributed by atoms with van der Waals surface area (Å²) in [7, 11) is 0. The van der Waals surface area contributed by atoms with Crippen LogP contribution in [0.4, 0.5) is 17.2 Å². The summed E-state index contributed by atoms with van der Waals surface area (Å²) < 4.78 is 1.95. The summed E-state index contributed by atoms with van der Waals surface area (Å²) in [6.45, 7) is 6.08. The Morgan fingerprint density at radius 1 is 0.964 bits per heavy atom. The van der Waals surface area contributed by atoms with Crippen molar-refractivity contribution < 1.29 is 4.92 Å². The molecule has 0 radical (unpaired) electrons. The number of anilines is 2. The normalized spacial score (nSPS) is 11.0. The van der Waals surface area contributed by atoms with Crippen molar-refractivity contribution in [1.29, 1.82) is 0 Å². The summed E-state index contributed by atoms with van der Waals surface area (Å²) in [5, 5.41) is 15.1. The third-order valence-electron chi connectivity index (χ3n) is 4.85. The van der Waals surface area contributed by atoms with Crippen LogP contribution >= 0.6 is 0 Å². The number of imidazole rings is 1. The van der Waals surface area contributed by atoms with Gasteiger partial charge >= 0.3 is 0 Å². The van der Waals surface area contributed by atoms with E-state index in [1.807, 2.05) is 61.7 Å². The lowest BCUT2D eigenvalue weighted by atomic mass is 10.1. The van der Waals surface area contributed by atoms with E-state index in [9.17, 15) is 10.1 Å². The van der Waals surface area contributed by atoms with Gasteiger partial charge in [0.2, 0.25) is 0 Å². The first-order valence-corrected chi connectivity index (χ1v) is 9.01. The molecule has 0 aliphatic carbocycles. The SMILES string of the molecule is Cc1ccc2nc(-c3ccccc3[N+](=O)[O-])c(Nc3c(C)cccc3C)n2c1. The van der Waals surface area contributed by atoms with E-state index >= 15 is 0 Å². The molecule has 140 valence electrons. The molecular weight excluding hydrogens is 352 g/mol. The zero-order valence-corrected chi connectivity index (χ0v) is 15.9. The van der Waals surface area contributed by atoms with Gasteiger partial charge in [0.25, 0.3) is 5.69 Å². The van der Waals surface area contributed by atoms with Crippen LogP contribution in [0.5, 0.6) is 0 Å². The minimum absolute atomic E-state index is 0.0344. The highest BCUT2D eigenvalue weighted by Gasteiger charge is 2.22. The van der Waals surface area contributed by atoms with Crippen molar-refractivity contribution in [3.8, 4) is 11.3 Å². The summed E-state index contributed by atoms with van der Waals surface area (Å²) in [5.41, 5.74) is 6.05. The number of nitrogens with zero attached hydrogens (tertiary/aromatic N) is 3. The molecule has 2 aromatic carbocycles. The maximum atomic E-state index is 11.6. The molecule has 0 amide bonds. The Labute approximate surface area is 162 Å². The number of rotatable bonds is 4. The monoisotopic (exact) mass is 372 g/mol. The first-order chi connectivity index (χ1) is 13.5. The summed E-state index contributed by atoms with van der Waals surface area (Å²) >= 11 is 0. The van der Waals surface area contributed by atoms with Crippen molar-refractivity contribution in [2.45, 2.75) is 20.8 Å². The van der Waals surface area contributed by atoms with Crippen LogP contribution in [0, 0.1) is 30.9 Å². The maximum absolute atomic E-state index is 11.6. The number of nitro benzene ring substituents is 1. The van der Waals surface area contributed by atoms with Crippen LogP contribution in [0.3, 0.4) is 0 Å². The molecule has 28 heavy (non-hydrogen) atoms. The van der Waals surface area contributed by atoms with Gasteiger partial charge in [-0.25, -0.2) is 4.98 Å². The zero-order chi connectivity index (χ0) is 19.8. The van der Waals surface area contributed by atoms with E-state index in [2.05, 4.69) is 5.32 Å². The van der Waals surface area contributed by atoms with Gasteiger partial charge in [0.05, 0.1) is 10.5 Å². The highest BCUT2D eigenvalue weighted by atomic mass is 16.6. The molecule has 4 rings (SSSR count). The van der Waals surface area contributed by atoms with E-state index in [0.29, 0.717) is 17.1 Å². The number of nitrogens with one attached hydrogen (secondary N) is 1. The predicted octanol–water partition coefficient (Wildman–Crippen LogP) is 5.58. The Hall–Kier alpha value is -3.67. The fraction of sp³-hybridized carbons (Fsp3) is 0.136. The van der Waals surface area contributed by atoms with Crippen molar-refractivity contribution >= 4 is 22.8 Å². The second-order valence-corrected chi connectivity index (χ2v) is 6.91. The van der Waals surface area contributed by atoms with Gasteiger partial charge in [0.1, 0.15) is 17.2 Å². The largest absolute Gasteiger partial charge is 0.339 e. The second-order valence-electron chi connectivity index (χ2n) is 6.91. The Morgan fingerprint density at radius 3 is 2.39 bits per heavy atom. The Balaban J connectivity index is 2.00. The second kappa shape index (κ2) is 6.81. The number of hydrogen-bond donors (Lipinski definition) is 1. The Bertz CT molecular complexity index is 1190. The molecule has 6 heteroatoms. The van der Waals surface area contributed by atoms with Crippen LogP contribution in [0.2, 0.25) is 0 Å². The topological polar surface area (TPSA) is 72.5 Å². The standard InChI is InChI=1S/C22H20N4O2/c1-14-11-12-19-23-21(17-9-4-5-10-18(17)26(27)28)22(25(19)13-14)24-20-15(2)7-6-8-16(20)3/h4-13,24H,1-3H3. The molecule has 0 spiro atoms. The number of para-hydroxylation sites is 2. The highest BCUT2D eigenvalue weighted by molar-refractivity contribution is 5.85. The van der Waals surface area contributed by atoms with E-state index in [-0.39, 0.29) is 10.6 Å². The van der Waals surface area contributed by atoms with Crippen LogP contribution in [0.1, 0.15) is 16.7 Å². The van der Waals surface area contributed by atoms with E-state index in [1.54, 1.807) is 18.2 Å². The number of benzene rings is 2. The smallest absolute Gasteiger partial charge is 0.278 e. The lowest BCUT2D eigenvalue weighted by Crippen LogP contribution is -2.01. The maximum Gasteiger partial charge on any atom is 0.278 e. The lowest BCUT2D eigenvalue weighted by molar-refractivity contribution is -0.384. The molecule has 0 atom stereocenters.